The first-order chi connectivity index (χ1) is 15.2. The van der Waals surface area contributed by atoms with Gasteiger partial charge in [0.25, 0.3) is 0 Å². The molecule has 0 unspecified atom stereocenters. The molecule has 1 fully saturated rings. The van der Waals surface area contributed by atoms with Crippen LogP contribution in [0.5, 0.6) is 0 Å². The molecule has 0 radical (unpaired) electrons. The third-order valence-corrected chi connectivity index (χ3v) is 6.58. The van der Waals surface area contributed by atoms with Crippen LogP contribution in [0.25, 0.3) is 11.3 Å². The lowest BCUT2D eigenvalue weighted by Gasteiger charge is -2.30. The van der Waals surface area contributed by atoms with E-state index in [0.717, 1.165) is 47.5 Å². The Labute approximate surface area is 188 Å². The van der Waals surface area contributed by atoms with Gasteiger partial charge in [0.05, 0.1) is 5.69 Å². The van der Waals surface area contributed by atoms with Crippen LogP contribution >= 0.6 is 11.8 Å². The van der Waals surface area contributed by atoms with Crippen LogP contribution in [0.4, 0.5) is 11.5 Å². The molecule has 1 saturated heterocycles. The Morgan fingerprint density at radius 3 is 2.42 bits per heavy atom. The van der Waals surface area contributed by atoms with Gasteiger partial charge in [0.1, 0.15) is 0 Å². The Balaban J connectivity index is 1.28. The second-order valence-electron chi connectivity index (χ2n) is 7.98. The molecule has 2 aromatic carbocycles. The van der Waals surface area contributed by atoms with Gasteiger partial charge in [-0.2, -0.15) is 0 Å². The van der Waals surface area contributed by atoms with Gasteiger partial charge in [-0.3, -0.25) is 4.79 Å². The molecule has 31 heavy (non-hydrogen) atoms. The summed E-state index contributed by atoms with van der Waals surface area (Å²) < 4.78 is 0. The van der Waals surface area contributed by atoms with Crippen LogP contribution in [-0.2, 0) is 4.79 Å². The minimum Gasteiger partial charge on any atom is -0.355 e. The van der Waals surface area contributed by atoms with E-state index in [0.29, 0.717) is 6.42 Å². The first kappa shape index (κ1) is 21.4. The van der Waals surface area contributed by atoms with Crippen LogP contribution in [0.1, 0.15) is 26.2 Å². The fraction of sp³-hybridized carbons (Fsp3) is 0.320. The predicted octanol–water partition coefficient (Wildman–Crippen LogP) is 5.50. The third kappa shape index (κ3) is 6.07. The number of carbonyl (C=O) groups is 1. The van der Waals surface area contributed by atoms with E-state index in [-0.39, 0.29) is 5.91 Å². The second-order valence-corrected chi connectivity index (χ2v) is 9.15. The largest absolute Gasteiger partial charge is 0.355 e. The summed E-state index contributed by atoms with van der Waals surface area (Å²) in [6.45, 7) is 4.41. The normalized spacial score (nSPS) is 14.4. The van der Waals surface area contributed by atoms with Gasteiger partial charge in [-0.1, -0.05) is 37.3 Å². The SMILES string of the molecule is CC1CCN(c2ccc(-c3ccc(NC(=O)CCSc4ccccc4)cc3)nn2)CC1. The number of amides is 1. The van der Waals surface area contributed by atoms with Crippen molar-refractivity contribution >= 4 is 29.2 Å². The zero-order valence-corrected chi connectivity index (χ0v) is 18.6. The number of aromatic nitrogens is 2. The van der Waals surface area contributed by atoms with E-state index in [4.69, 9.17) is 0 Å². The Bertz CT molecular complexity index is 969. The van der Waals surface area contributed by atoms with E-state index < -0.39 is 0 Å². The standard InChI is InChI=1S/C25H28N4OS/c1-19-13-16-29(17-14-19)24-12-11-23(27-28-24)20-7-9-21(10-8-20)26-25(30)15-18-31-22-5-3-2-4-6-22/h2-12,19H,13-18H2,1H3,(H,26,30). The lowest BCUT2D eigenvalue weighted by molar-refractivity contribution is -0.115. The molecule has 1 aromatic heterocycles. The lowest BCUT2D eigenvalue weighted by Crippen LogP contribution is -2.33. The highest BCUT2D eigenvalue weighted by molar-refractivity contribution is 7.99. The summed E-state index contributed by atoms with van der Waals surface area (Å²) in [5.74, 6) is 2.53. The van der Waals surface area contributed by atoms with Crippen LogP contribution in [0.3, 0.4) is 0 Å². The van der Waals surface area contributed by atoms with Gasteiger partial charge in [0.15, 0.2) is 5.82 Å². The highest BCUT2D eigenvalue weighted by Crippen LogP contribution is 2.24. The van der Waals surface area contributed by atoms with Crippen LogP contribution in [0.15, 0.2) is 71.6 Å². The van der Waals surface area contributed by atoms with Gasteiger partial charge in [-0.05, 0) is 55.2 Å². The molecule has 0 saturated carbocycles. The number of hydrogen-bond acceptors (Lipinski definition) is 5. The summed E-state index contributed by atoms with van der Waals surface area (Å²) in [5.41, 5.74) is 2.63. The maximum Gasteiger partial charge on any atom is 0.225 e. The van der Waals surface area contributed by atoms with Crippen molar-refractivity contribution in [1.29, 1.82) is 0 Å². The molecule has 2 heterocycles. The van der Waals surface area contributed by atoms with Gasteiger partial charge in [-0.15, -0.1) is 22.0 Å². The molecule has 1 aliphatic heterocycles. The first-order valence-electron chi connectivity index (χ1n) is 10.8. The maximum atomic E-state index is 12.2. The third-order valence-electron chi connectivity index (χ3n) is 5.56. The molecule has 4 rings (SSSR count). The Morgan fingerprint density at radius 2 is 1.74 bits per heavy atom. The summed E-state index contributed by atoms with van der Waals surface area (Å²) in [5, 5.41) is 11.8. The smallest absolute Gasteiger partial charge is 0.225 e. The number of piperidine rings is 1. The van der Waals surface area contributed by atoms with E-state index in [1.807, 2.05) is 48.5 Å². The molecule has 1 N–H and O–H groups in total. The summed E-state index contributed by atoms with van der Waals surface area (Å²) in [6, 6.07) is 22.0. The average molecular weight is 433 g/mol. The molecular weight excluding hydrogens is 404 g/mol. The number of anilines is 2. The highest BCUT2D eigenvalue weighted by atomic mass is 32.2. The fourth-order valence-electron chi connectivity index (χ4n) is 3.61. The van der Waals surface area contributed by atoms with Crippen molar-refractivity contribution in [3.63, 3.8) is 0 Å². The van der Waals surface area contributed by atoms with Crippen molar-refractivity contribution in [2.24, 2.45) is 5.92 Å². The minimum atomic E-state index is 0.0242. The zero-order valence-electron chi connectivity index (χ0n) is 17.8. The van der Waals surface area contributed by atoms with Crippen molar-refractivity contribution in [3.8, 4) is 11.3 Å². The molecule has 0 spiro atoms. The van der Waals surface area contributed by atoms with Crippen LogP contribution in [0.2, 0.25) is 0 Å². The van der Waals surface area contributed by atoms with Gasteiger partial charge in [0.2, 0.25) is 5.91 Å². The second kappa shape index (κ2) is 10.4. The number of nitrogens with one attached hydrogen (secondary N) is 1. The fourth-order valence-corrected chi connectivity index (χ4v) is 4.48. The molecule has 1 amide bonds. The van der Waals surface area contributed by atoms with Crippen molar-refractivity contribution in [3.05, 3.63) is 66.7 Å². The van der Waals surface area contributed by atoms with Crippen LogP contribution in [-0.4, -0.2) is 34.9 Å². The Kier molecular flexibility index (Phi) is 7.20. The van der Waals surface area contributed by atoms with Gasteiger partial charge >= 0.3 is 0 Å². The molecule has 3 aromatic rings. The molecule has 1 aliphatic rings. The van der Waals surface area contributed by atoms with Crippen molar-refractivity contribution < 1.29 is 4.79 Å². The number of hydrogen-bond donors (Lipinski definition) is 1. The Morgan fingerprint density at radius 1 is 1.00 bits per heavy atom. The lowest BCUT2D eigenvalue weighted by atomic mass is 9.99. The Hall–Kier alpha value is -2.86. The number of nitrogens with zero attached hydrogens (tertiary/aromatic N) is 3. The highest BCUT2D eigenvalue weighted by Gasteiger charge is 2.17. The van der Waals surface area contributed by atoms with Crippen molar-refractivity contribution in [2.75, 3.05) is 29.1 Å². The monoisotopic (exact) mass is 432 g/mol. The van der Waals surface area contributed by atoms with Gasteiger partial charge < -0.3 is 10.2 Å². The summed E-state index contributed by atoms with van der Waals surface area (Å²) in [4.78, 5) is 15.7. The van der Waals surface area contributed by atoms with Gasteiger partial charge in [0, 0.05) is 41.4 Å². The molecule has 160 valence electrons. The topological polar surface area (TPSA) is 58.1 Å². The van der Waals surface area contributed by atoms with E-state index >= 15 is 0 Å². The van der Waals surface area contributed by atoms with E-state index in [1.54, 1.807) is 11.8 Å². The van der Waals surface area contributed by atoms with Crippen molar-refractivity contribution in [2.45, 2.75) is 31.1 Å². The number of benzene rings is 2. The minimum absolute atomic E-state index is 0.0242. The molecule has 0 aliphatic carbocycles. The summed E-state index contributed by atoms with van der Waals surface area (Å²) in [7, 11) is 0. The van der Waals surface area contributed by atoms with Gasteiger partial charge in [-0.25, -0.2) is 0 Å². The van der Waals surface area contributed by atoms with Crippen molar-refractivity contribution in [1.82, 2.24) is 10.2 Å². The quantitative estimate of drug-likeness (QED) is 0.500. The number of rotatable bonds is 7. The maximum absolute atomic E-state index is 12.2. The van der Waals surface area contributed by atoms with Crippen LogP contribution in [0, 0.1) is 5.92 Å². The number of carbonyl (C=O) groups excluding carboxylic acids is 1. The summed E-state index contributed by atoms with van der Waals surface area (Å²) in [6.07, 6.45) is 2.90. The van der Waals surface area contributed by atoms with E-state index in [2.05, 4.69) is 45.5 Å². The molecule has 5 nitrogen and oxygen atoms in total. The van der Waals surface area contributed by atoms with Crippen LogP contribution < -0.4 is 10.2 Å². The molecule has 6 heteroatoms. The number of thioether (sulfide) groups is 1. The molecular formula is C25H28N4OS. The molecule has 0 atom stereocenters. The van der Waals surface area contributed by atoms with E-state index in [9.17, 15) is 4.79 Å². The average Bonchev–Trinajstić information content (AvgIpc) is 2.81. The zero-order chi connectivity index (χ0) is 21.5. The first-order valence-corrected chi connectivity index (χ1v) is 11.8. The molecule has 0 bridgehead atoms. The summed E-state index contributed by atoms with van der Waals surface area (Å²) >= 11 is 1.69. The predicted molar refractivity (Wildman–Crippen MR) is 128 cm³/mol. The van der Waals surface area contributed by atoms with E-state index in [1.165, 1.54) is 17.7 Å².